The van der Waals surface area contributed by atoms with E-state index in [0.717, 1.165) is 31.4 Å². The van der Waals surface area contributed by atoms with E-state index in [2.05, 4.69) is 18.9 Å². The van der Waals surface area contributed by atoms with Crippen molar-refractivity contribution < 1.29 is 4.79 Å². The van der Waals surface area contributed by atoms with Gasteiger partial charge >= 0.3 is 0 Å². The Bertz CT molecular complexity index is 442. The van der Waals surface area contributed by atoms with Crippen molar-refractivity contribution in [2.45, 2.75) is 64.5 Å². The molecule has 4 heteroatoms. The molecule has 0 aromatic carbocycles. The number of carbonyl (C=O) groups is 1. The summed E-state index contributed by atoms with van der Waals surface area (Å²) in [6, 6.07) is 2.37. The molecule has 1 saturated carbocycles. The summed E-state index contributed by atoms with van der Waals surface area (Å²) >= 11 is 0. The molecule has 1 unspecified atom stereocenters. The fourth-order valence-corrected chi connectivity index (χ4v) is 2.60. The van der Waals surface area contributed by atoms with E-state index in [-0.39, 0.29) is 5.78 Å². The predicted octanol–water partition coefficient (Wildman–Crippen LogP) is 2.48. The summed E-state index contributed by atoms with van der Waals surface area (Å²) in [7, 11) is 0. The molecule has 4 nitrogen and oxygen atoms in total. The molecule has 106 valence electrons. The van der Waals surface area contributed by atoms with Crippen LogP contribution in [0, 0.1) is 5.92 Å². The van der Waals surface area contributed by atoms with Crippen molar-refractivity contribution in [1.29, 1.82) is 0 Å². The minimum Gasteiger partial charge on any atom is -0.319 e. The minimum atomic E-state index is -0.668. The average molecular weight is 263 g/mol. The molecule has 1 aliphatic carbocycles. The van der Waals surface area contributed by atoms with E-state index in [1.54, 1.807) is 0 Å². The molecule has 0 saturated heterocycles. The molecule has 2 rings (SSSR count). The summed E-state index contributed by atoms with van der Waals surface area (Å²) in [5, 5.41) is 4.53. The number of Topliss-reactive ketones (excluding diaryl/α,β-unsaturated/α-hetero) is 1. The van der Waals surface area contributed by atoms with Gasteiger partial charge in [0, 0.05) is 6.20 Å². The standard InChI is InChI=1S/C15H25N3O/c1-4-13(5-2)18-9-8-12(17-18)10-14(19)15(3,16)11-6-7-11/h8-9,11,13H,4-7,10,16H2,1-3H3. The third-order valence-corrected chi connectivity index (χ3v) is 4.35. The number of carbonyl (C=O) groups excluding carboxylic acids is 1. The van der Waals surface area contributed by atoms with E-state index in [0.29, 0.717) is 18.4 Å². The Kier molecular flexibility index (Phi) is 4.09. The molecule has 0 radical (unpaired) electrons. The van der Waals surface area contributed by atoms with Gasteiger partial charge in [-0.25, -0.2) is 0 Å². The maximum atomic E-state index is 12.3. The van der Waals surface area contributed by atoms with Crippen molar-refractivity contribution in [2.75, 3.05) is 0 Å². The van der Waals surface area contributed by atoms with Crippen molar-refractivity contribution in [3.63, 3.8) is 0 Å². The molecule has 0 aliphatic heterocycles. The molecule has 1 atom stereocenters. The van der Waals surface area contributed by atoms with Crippen LogP contribution in [0.1, 0.15) is 58.2 Å². The van der Waals surface area contributed by atoms with Gasteiger partial charge in [0.2, 0.25) is 0 Å². The van der Waals surface area contributed by atoms with Gasteiger partial charge in [0.1, 0.15) is 0 Å². The Morgan fingerprint density at radius 1 is 1.53 bits per heavy atom. The predicted molar refractivity (Wildman–Crippen MR) is 75.9 cm³/mol. The molecule has 19 heavy (non-hydrogen) atoms. The highest BCUT2D eigenvalue weighted by atomic mass is 16.1. The topological polar surface area (TPSA) is 60.9 Å². The second kappa shape index (κ2) is 5.45. The van der Waals surface area contributed by atoms with Crippen LogP contribution in [0.15, 0.2) is 12.3 Å². The second-order valence-electron chi connectivity index (χ2n) is 5.91. The fourth-order valence-electron chi connectivity index (χ4n) is 2.60. The first-order chi connectivity index (χ1) is 8.98. The Morgan fingerprint density at radius 2 is 2.16 bits per heavy atom. The molecule has 0 bridgehead atoms. The lowest BCUT2D eigenvalue weighted by atomic mass is 9.89. The monoisotopic (exact) mass is 263 g/mol. The van der Waals surface area contributed by atoms with Crippen LogP contribution in [0.25, 0.3) is 0 Å². The van der Waals surface area contributed by atoms with Crippen LogP contribution < -0.4 is 5.73 Å². The number of hydrogen-bond acceptors (Lipinski definition) is 3. The van der Waals surface area contributed by atoms with Crippen LogP contribution in [0.5, 0.6) is 0 Å². The molecule has 1 aromatic rings. The molecule has 0 amide bonds. The van der Waals surface area contributed by atoms with Gasteiger partial charge in [-0.05, 0) is 44.6 Å². The van der Waals surface area contributed by atoms with Crippen LogP contribution in [0.2, 0.25) is 0 Å². The Balaban J connectivity index is 2.01. The minimum absolute atomic E-state index is 0.116. The summed E-state index contributed by atoms with van der Waals surface area (Å²) in [5.74, 6) is 0.492. The highest BCUT2D eigenvalue weighted by molar-refractivity contribution is 5.90. The van der Waals surface area contributed by atoms with Gasteiger partial charge in [-0.2, -0.15) is 5.10 Å². The van der Waals surface area contributed by atoms with Crippen LogP contribution in [-0.4, -0.2) is 21.1 Å². The maximum Gasteiger partial charge on any atom is 0.158 e. The lowest BCUT2D eigenvalue weighted by Crippen LogP contribution is -2.48. The van der Waals surface area contributed by atoms with Gasteiger partial charge < -0.3 is 5.73 Å². The molecule has 1 heterocycles. The van der Waals surface area contributed by atoms with Gasteiger partial charge in [-0.1, -0.05) is 13.8 Å². The summed E-state index contributed by atoms with van der Waals surface area (Å²) in [4.78, 5) is 12.3. The fraction of sp³-hybridized carbons (Fsp3) is 0.733. The maximum absolute atomic E-state index is 12.3. The SMILES string of the molecule is CCC(CC)n1ccc(CC(=O)C(C)(N)C2CC2)n1. The van der Waals surface area contributed by atoms with Gasteiger partial charge in [0.15, 0.2) is 5.78 Å². The third kappa shape index (κ3) is 3.06. The van der Waals surface area contributed by atoms with Crippen LogP contribution in [0.3, 0.4) is 0 Å². The van der Waals surface area contributed by atoms with E-state index in [4.69, 9.17) is 5.73 Å². The lowest BCUT2D eigenvalue weighted by molar-refractivity contribution is -0.123. The average Bonchev–Trinajstić information content (AvgIpc) is 3.14. The van der Waals surface area contributed by atoms with E-state index in [1.165, 1.54) is 0 Å². The van der Waals surface area contributed by atoms with Crippen LogP contribution in [-0.2, 0) is 11.2 Å². The first kappa shape index (κ1) is 14.3. The van der Waals surface area contributed by atoms with Gasteiger partial charge in [0.25, 0.3) is 0 Å². The highest BCUT2D eigenvalue weighted by Crippen LogP contribution is 2.38. The Hall–Kier alpha value is -1.16. The number of ketones is 1. The Morgan fingerprint density at radius 3 is 2.68 bits per heavy atom. The zero-order chi connectivity index (χ0) is 14.0. The van der Waals surface area contributed by atoms with E-state index in [9.17, 15) is 4.79 Å². The highest BCUT2D eigenvalue weighted by Gasteiger charge is 2.43. The summed E-state index contributed by atoms with van der Waals surface area (Å²) in [6.45, 7) is 6.18. The largest absolute Gasteiger partial charge is 0.319 e. The van der Waals surface area contributed by atoms with Crippen molar-refractivity contribution in [2.24, 2.45) is 11.7 Å². The summed E-state index contributed by atoms with van der Waals surface area (Å²) in [6.07, 6.45) is 6.62. The van der Waals surface area contributed by atoms with E-state index < -0.39 is 5.54 Å². The van der Waals surface area contributed by atoms with Crippen molar-refractivity contribution >= 4 is 5.78 Å². The quantitative estimate of drug-likeness (QED) is 0.822. The van der Waals surface area contributed by atoms with Crippen molar-refractivity contribution in [3.8, 4) is 0 Å². The van der Waals surface area contributed by atoms with Gasteiger partial charge in [-0.15, -0.1) is 0 Å². The normalized spacial score (nSPS) is 18.6. The van der Waals surface area contributed by atoms with Crippen LogP contribution >= 0.6 is 0 Å². The van der Waals surface area contributed by atoms with E-state index >= 15 is 0 Å². The van der Waals surface area contributed by atoms with Gasteiger partial charge in [0.05, 0.1) is 23.7 Å². The molecule has 0 spiro atoms. The Labute approximate surface area is 115 Å². The first-order valence-electron chi connectivity index (χ1n) is 7.35. The summed E-state index contributed by atoms with van der Waals surface area (Å²) in [5.41, 5.74) is 6.32. The molecule has 1 aliphatic rings. The number of aromatic nitrogens is 2. The van der Waals surface area contributed by atoms with Crippen LogP contribution in [0.4, 0.5) is 0 Å². The molecule has 1 aromatic heterocycles. The van der Waals surface area contributed by atoms with Gasteiger partial charge in [-0.3, -0.25) is 9.48 Å². The number of rotatable bonds is 7. The number of nitrogens with two attached hydrogens (primary N) is 1. The smallest absolute Gasteiger partial charge is 0.158 e. The summed E-state index contributed by atoms with van der Waals surface area (Å²) < 4.78 is 1.98. The van der Waals surface area contributed by atoms with E-state index in [1.807, 2.05) is 23.9 Å². The first-order valence-corrected chi connectivity index (χ1v) is 7.35. The second-order valence-corrected chi connectivity index (χ2v) is 5.91. The van der Waals surface area contributed by atoms with Crippen molar-refractivity contribution in [3.05, 3.63) is 18.0 Å². The molecular weight excluding hydrogens is 238 g/mol. The molecule has 1 fully saturated rings. The number of nitrogens with zero attached hydrogens (tertiary/aromatic N) is 2. The number of hydrogen-bond donors (Lipinski definition) is 1. The van der Waals surface area contributed by atoms with Crippen molar-refractivity contribution in [1.82, 2.24) is 9.78 Å². The lowest BCUT2D eigenvalue weighted by Gasteiger charge is -2.22. The molecular formula is C15H25N3O. The zero-order valence-electron chi connectivity index (χ0n) is 12.2. The molecule has 2 N–H and O–H groups in total. The third-order valence-electron chi connectivity index (χ3n) is 4.35. The zero-order valence-corrected chi connectivity index (χ0v) is 12.2.